The molecule has 2 aromatic carbocycles. The number of piperazine rings is 1. The monoisotopic (exact) mass is 383 g/mol. The van der Waals surface area contributed by atoms with E-state index in [-0.39, 0.29) is 5.91 Å². The van der Waals surface area contributed by atoms with E-state index in [9.17, 15) is 4.79 Å². The molecule has 1 aliphatic rings. The molecule has 1 amide bonds. The first-order valence-electron chi connectivity index (χ1n) is 9.03. The number of hydrogen-bond acceptors (Lipinski definition) is 3. The highest BCUT2D eigenvalue weighted by molar-refractivity contribution is 6.30. The van der Waals surface area contributed by atoms with Crippen molar-refractivity contribution in [2.24, 2.45) is 0 Å². The predicted octanol–water partition coefficient (Wildman–Crippen LogP) is 4.10. The van der Waals surface area contributed by atoms with Crippen molar-refractivity contribution in [3.63, 3.8) is 0 Å². The van der Waals surface area contributed by atoms with Crippen LogP contribution in [0.15, 0.2) is 42.5 Å². The van der Waals surface area contributed by atoms with Gasteiger partial charge in [-0.3, -0.25) is 4.79 Å². The highest BCUT2D eigenvalue weighted by atomic mass is 35.5. The normalized spacial score (nSPS) is 14.6. The number of nitrogens with zero attached hydrogens (tertiary/aromatic N) is 2. The number of amides is 1. The van der Waals surface area contributed by atoms with Gasteiger partial charge in [0.15, 0.2) is 0 Å². The third-order valence-corrected chi connectivity index (χ3v) is 5.45. The van der Waals surface area contributed by atoms with Gasteiger partial charge in [0.2, 0.25) is 0 Å². The Bertz CT molecular complexity index is 990. The van der Waals surface area contributed by atoms with Gasteiger partial charge < -0.3 is 19.5 Å². The first-order chi connectivity index (χ1) is 13.1. The van der Waals surface area contributed by atoms with Gasteiger partial charge in [0, 0.05) is 47.8 Å². The Kier molecular flexibility index (Phi) is 4.70. The lowest BCUT2D eigenvalue weighted by atomic mass is 10.1. The number of H-pyrrole nitrogens is 1. The molecule has 1 aromatic heterocycles. The Balaban J connectivity index is 1.51. The number of methoxy groups -OCH3 is 1. The lowest BCUT2D eigenvalue weighted by molar-refractivity contribution is 0.0741. The summed E-state index contributed by atoms with van der Waals surface area (Å²) in [6.45, 7) is 4.93. The lowest BCUT2D eigenvalue weighted by Crippen LogP contribution is -2.49. The zero-order chi connectivity index (χ0) is 19.0. The minimum Gasteiger partial charge on any atom is -0.497 e. The summed E-state index contributed by atoms with van der Waals surface area (Å²) in [5, 5.41) is 1.75. The van der Waals surface area contributed by atoms with Gasteiger partial charge in [0.05, 0.1) is 7.11 Å². The van der Waals surface area contributed by atoms with E-state index >= 15 is 0 Å². The van der Waals surface area contributed by atoms with Crippen molar-refractivity contribution in [2.45, 2.75) is 6.92 Å². The summed E-state index contributed by atoms with van der Waals surface area (Å²) in [6.07, 6.45) is 0. The molecule has 140 valence electrons. The third kappa shape index (κ3) is 3.35. The number of benzene rings is 2. The molecular weight excluding hydrogens is 362 g/mol. The molecule has 5 nitrogen and oxygen atoms in total. The Labute approximate surface area is 163 Å². The number of carbonyl (C=O) groups is 1. The van der Waals surface area contributed by atoms with Gasteiger partial charge in [-0.15, -0.1) is 0 Å². The molecule has 3 aromatic rings. The van der Waals surface area contributed by atoms with E-state index in [1.54, 1.807) is 7.11 Å². The maximum Gasteiger partial charge on any atom is 0.270 e. The van der Waals surface area contributed by atoms with Gasteiger partial charge >= 0.3 is 0 Å². The molecule has 6 heteroatoms. The molecule has 1 aliphatic heterocycles. The summed E-state index contributed by atoms with van der Waals surface area (Å²) >= 11 is 6.10. The lowest BCUT2D eigenvalue weighted by Gasteiger charge is -2.36. The summed E-state index contributed by atoms with van der Waals surface area (Å²) in [5.41, 5.74) is 3.68. The van der Waals surface area contributed by atoms with Crippen LogP contribution >= 0.6 is 11.6 Å². The molecular formula is C21H22ClN3O2. The predicted molar refractivity (Wildman–Crippen MR) is 109 cm³/mol. The summed E-state index contributed by atoms with van der Waals surface area (Å²) in [6, 6.07) is 13.7. The van der Waals surface area contributed by atoms with Gasteiger partial charge in [-0.05, 0) is 48.9 Å². The van der Waals surface area contributed by atoms with Crippen LogP contribution in [0.3, 0.4) is 0 Å². The Morgan fingerprint density at radius 2 is 1.89 bits per heavy atom. The molecule has 0 aliphatic carbocycles. The number of fused-ring (bicyclic) bond motifs is 1. The average Bonchev–Trinajstić information content (AvgIpc) is 3.03. The minimum absolute atomic E-state index is 0.0495. The van der Waals surface area contributed by atoms with Crippen LogP contribution in [0.25, 0.3) is 10.9 Å². The first-order valence-corrected chi connectivity index (χ1v) is 9.40. The van der Waals surface area contributed by atoms with Crippen molar-refractivity contribution in [1.82, 2.24) is 9.88 Å². The van der Waals surface area contributed by atoms with Crippen molar-refractivity contribution in [1.29, 1.82) is 0 Å². The van der Waals surface area contributed by atoms with Gasteiger partial charge in [-0.25, -0.2) is 0 Å². The van der Waals surface area contributed by atoms with Crippen molar-refractivity contribution in [2.75, 3.05) is 38.2 Å². The molecule has 1 N–H and O–H groups in total. The quantitative estimate of drug-likeness (QED) is 0.740. The second kappa shape index (κ2) is 7.16. The number of aromatic nitrogens is 1. The Morgan fingerprint density at radius 1 is 1.11 bits per heavy atom. The molecule has 0 bridgehead atoms. The van der Waals surface area contributed by atoms with E-state index in [0.717, 1.165) is 46.0 Å². The zero-order valence-electron chi connectivity index (χ0n) is 15.5. The number of nitrogens with one attached hydrogen (secondary N) is 1. The summed E-state index contributed by atoms with van der Waals surface area (Å²) in [4.78, 5) is 20.5. The standard InChI is InChI=1S/C21H22ClN3O2/c1-14-18-13-17(27-2)6-7-19(18)23-20(14)21(26)25-10-8-24(9-11-25)16-5-3-4-15(22)12-16/h3-7,12-13,23H,8-11H2,1-2H3. The minimum atomic E-state index is 0.0495. The maximum absolute atomic E-state index is 13.1. The largest absolute Gasteiger partial charge is 0.497 e. The molecule has 2 heterocycles. The van der Waals surface area contributed by atoms with Crippen molar-refractivity contribution < 1.29 is 9.53 Å². The van der Waals surface area contributed by atoms with E-state index in [1.807, 2.05) is 48.2 Å². The van der Waals surface area contributed by atoms with Gasteiger partial charge in [0.25, 0.3) is 5.91 Å². The Morgan fingerprint density at radius 3 is 2.59 bits per heavy atom. The number of carbonyl (C=O) groups excluding carboxylic acids is 1. The maximum atomic E-state index is 13.1. The summed E-state index contributed by atoms with van der Waals surface area (Å²) < 4.78 is 5.30. The van der Waals surface area contributed by atoms with E-state index in [1.165, 1.54) is 0 Å². The SMILES string of the molecule is COc1ccc2[nH]c(C(=O)N3CCN(c4cccc(Cl)c4)CC3)c(C)c2c1. The van der Waals surface area contributed by atoms with Gasteiger partial charge in [0.1, 0.15) is 11.4 Å². The molecule has 0 atom stereocenters. The Hall–Kier alpha value is -2.66. The first kappa shape index (κ1) is 17.7. The van der Waals surface area contributed by atoms with Gasteiger partial charge in [-0.2, -0.15) is 0 Å². The summed E-state index contributed by atoms with van der Waals surface area (Å²) in [5.74, 6) is 0.840. The third-order valence-electron chi connectivity index (χ3n) is 5.22. The zero-order valence-corrected chi connectivity index (χ0v) is 16.2. The molecule has 0 spiro atoms. The van der Waals surface area contributed by atoms with Crippen LogP contribution in [0, 0.1) is 6.92 Å². The van der Waals surface area contributed by atoms with Crippen molar-refractivity contribution in [3.05, 3.63) is 58.7 Å². The van der Waals surface area contributed by atoms with E-state index in [4.69, 9.17) is 16.3 Å². The van der Waals surface area contributed by atoms with Crippen LogP contribution in [-0.4, -0.2) is 49.1 Å². The second-order valence-corrected chi connectivity index (χ2v) is 7.23. The number of aryl methyl sites for hydroxylation is 1. The van der Waals surface area contributed by atoms with Gasteiger partial charge in [-0.1, -0.05) is 17.7 Å². The number of aromatic amines is 1. The molecule has 0 unspecified atom stereocenters. The fourth-order valence-electron chi connectivity index (χ4n) is 3.65. The van der Waals surface area contributed by atoms with Crippen LogP contribution in [0.4, 0.5) is 5.69 Å². The molecule has 4 rings (SSSR count). The van der Waals surface area contributed by atoms with Crippen LogP contribution in [0.1, 0.15) is 16.1 Å². The topological polar surface area (TPSA) is 48.6 Å². The molecule has 1 saturated heterocycles. The van der Waals surface area contributed by atoms with Crippen LogP contribution in [0.5, 0.6) is 5.75 Å². The number of rotatable bonds is 3. The van der Waals surface area contributed by atoms with E-state index in [0.29, 0.717) is 18.8 Å². The highest BCUT2D eigenvalue weighted by Gasteiger charge is 2.25. The van der Waals surface area contributed by atoms with Crippen molar-refractivity contribution in [3.8, 4) is 5.75 Å². The molecule has 1 fully saturated rings. The molecule has 0 radical (unpaired) electrons. The fourth-order valence-corrected chi connectivity index (χ4v) is 3.83. The van der Waals surface area contributed by atoms with Crippen LogP contribution in [0.2, 0.25) is 5.02 Å². The highest BCUT2D eigenvalue weighted by Crippen LogP contribution is 2.27. The smallest absolute Gasteiger partial charge is 0.270 e. The number of hydrogen-bond donors (Lipinski definition) is 1. The van der Waals surface area contributed by atoms with Crippen LogP contribution in [-0.2, 0) is 0 Å². The van der Waals surface area contributed by atoms with E-state index < -0.39 is 0 Å². The summed E-state index contributed by atoms with van der Waals surface area (Å²) in [7, 11) is 1.65. The fraction of sp³-hybridized carbons (Fsp3) is 0.286. The molecule has 27 heavy (non-hydrogen) atoms. The average molecular weight is 384 g/mol. The van der Waals surface area contributed by atoms with Crippen LogP contribution < -0.4 is 9.64 Å². The van der Waals surface area contributed by atoms with E-state index in [2.05, 4.69) is 16.0 Å². The number of anilines is 1. The number of halogens is 1. The van der Waals surface area contributed by atoms with Crippen molar-refractivity contribution >= 4 is 34.1 Å². The molecule has 0 saturated carbocycles. The number of ether oxygens (including phenoxy) is 1. The second-order valence-electron chi connectivity index (χ2n) is 6.80.